The van der Waals surface area contributed by atoms with Gasteiger partial charge in [0.25, 0.3) is 5.91 Å². The number of halogens is 3. The van der Waals surface area contributed by atoms with Gasteiger partial charge in [-0.2, -0.15) is 13.2 Å². The molecular weight excluding hydrogens is 477 g/mol. The molecule has 1 aliphatic heterocycles. The van der Waals surface area contributed by atoms with Crippen LogP contribution in [0, 0.1) is 0 Å². The van der Waals surface area contributed by atoms with Crippen molar-refractivity contribution in [1.29, 1.82) is 0 Å². The van der Waals surface area contributed by atoms with Crippen molar-refractivity contribution in [2.24, 2.45) is 5.73 Å². The minimum Gasteiger partial charge on any atom is -0.492 e. The number of aromatic nitrogens is 4. The smallest absolute Gasteiger partial charge is 0.420 e. The van der Waals surface area contributed by atoms with Crippen molar-refractivity contribution in [3.05, 3.63) is 48.2 Å². The van der Waals surface area contributed by atoms with Gasteiger partial charge in [-0.1, -0.05) is 0 Å². The Morgan fingerprint density at radius 3 is 2.53 bits per heavy atom. The lowest BCUT2D eigenvalue weighted by atomic mass is 9.90. The van der Waals surface area contributed by atoms with E-state index in [1.54, 1.807) is 12.1 Å². The molecule has 13 heteroatoms. The van der Waals surface area contributed by atoms with Crippen LogP contribution in [0.1, 0.15) is 35.8 Å². The summed E-state index contributed by atoms with van der Waals surface area (Å²) in [6.45, 7) is 2.98. The van der Waals surface area contributed by atoms with Gasteiger partial charge in [0.05, 0.1) is 30.3 Å². The monoisotopic (exact) mass is 502 g/mol. The summed E-state index contributed by atoms with van der Waals surface area (Å²) in [5.74, 6) is -2.38. The minimum absolute atomic E-state index is 0.00796. The van der Waals surface area contributed by atoms with Crippen LogP contribution in [0.3, 0.4) is 0 Å². The molecule has 190 valence electrons. The van der Waals surface area contributed by atoms with Gasteiger partial charge in [-0.05, 0) is 31.9 Å². The van der Waals surface area contributed by atoms with Gasteiger partial charge in [0.2, 0.25) is 0 Å². The maximum Gasteiger partial charge on any atom is 0.420 e. The summed E-state index contributed by atoms with van der Waals surface area (Å²) < 4.78 is 49.1. The van der Waals surface area contributed by atoms with Gasteiger partial charge in [-0.3, -0.25) is 14.8 Å². The average Bonchev–Trinajstić information content (AvgIpc) is 2.83. The van der Waals surface area contributed by atoms with Gasteiger partial charge in [-0.15, -0.1) is 0 Å². The number of nitrogens with one attached hydrogen (secondary N) is 1. The van der Waals surface area contributed by atoms with E-state index in [0.29, 0.717) is 31.6 Å². The molecule has 0 atom stereocenters. The first-order valence-electron chi connectivity index (χ1n) is 11.0. The van der Waals surface area contributed by atoms with Gasteiger partial charge in [0.15, 0.2) is 11.6 Å². The maximum atomic E-state index is 14.6. The number of hydrogen-bond acceptors (Lipinski definition) is 9. The van der Waals surface area contributed by atoms with E-state index in [4.69, 9.17) is 16.2 Å². The predicted octanol–water partition coefficient (Wildman–Crippen LogP) is 3.11. The molecule has 0 radical (unpaired) electrons. The molecule has 1 aliphatic rings. The minimum atomic E-state index is -4.96. The zero-order chi connectivity index (χ0) is 26.1. The lowest BCUT2D eigenvalue weighted by molar-refractivity contribution is -0.136. The summed E-state index contributed by atoms with van der Waals surface area (Å²) in [6, 6.07) is 3.31. The lowest BCUT2D eigenvalue weighted by Crippen LogP contribution is -2.48. The van der Waals surface area contributed by atoms with Crippen LogP contribution in [0.2, 0.25) is 0 Å². The van der Waals surface area contributed by atoms with Crippen LogP contribution in [0.4, 0.5) is 30.5 Å². The van der Waals surface area contributed by atoms with E-state index in [9.17, 15) is 18.0 Å². The topological polar surface area (TPSA) is 145 Å². The van der Waals surface area contributed by atoms with E-state index in [-0.39, 0.29) is 28.5 Å². The number of carbonyl (C=O) groups is 1. The number of carbonyl (C=O) groups excluding carboxylic acids is 1. The zero-order valence-corrected chi connectivity index (χ0v) is 19.6. The van der Waals surface area contributed by atoms with Gasteiger partial charge in [0.1, 0.15) is 17.1 Å². The molecule has 10 nitrogen and oxygen atoms in total. The third kappa shape index (κ3) is 5.00. The largest absolute Gasteiger partial charge is 0.492 e. The SMILES string of the molecule is COc1c(N)nc(NC(=O)c2cnccn2)c(C(F)(F)F)c1-c1ncccc1N1CCC(C)(N)CC1. The molecule has 36 heavy (non-hydrogen) atoms. The van der Waals surface area contributed by atoms with E-state index in [2.05, 4.69) is 25.3 Å². The van der Waals surface area contributed by atoms with Crippen LogP contribution in [0.15, 0.2) is 36.9 Å². The van der Waals surface area contributed by atoms with Gasteiger partial charge >= 0.3 is 6.18 Å². The third-order valence-electron chi connectivity index (χ3n) is 5.96. The van der Waals surface area contributed by atoms with E-state index < -0.39 is 29.0 Å². The number of rotatable bonds is 5. The molecule has 1 fully saturated rings. The number of amides is 1. The molecule has 1 saturated heterocycles. The second-order valence-electron chi connectivity index (χ2n) is 8.68. The Labute approximate surface area is 204 Å². The molecule has 4 rings (SSSR count). The molecule has 5 N–H and O–H groups in total. The Bertz CT molecular complexity index is 1260. The number of methoxy groups -OCH3 is 1. The number of piperidine rings is 1. The first kappa shape index (κ1) is 25.1. The van der Waals surface area contributed by atoms with Crippen LogP contribution >= 0.6 is 0 Å². The first-order valence-corrected chi connectivity index (χ1v) is 11.0. The summed E-state index contributed by atoms with van der Waals surface area (Å²) in [4.78, 5) is 30.3. The summed E-state index contributed by atoms with van der Waals surface area (Å²) in [6.07, 6.45) is 1.40. The molecule has 0 spiro atoms. The summed E-state index contributed by atoms with van der Waals surface area (Å²) in [7, 11) is 1.19. The van der Waals surface area contributed by atoms with E-state index >= 15 is 0 Å². The Morgan fingerprint density at radius 1 is 1.19 bits per heavy atom. The zero-order valence-electron chi connectivity index (χ0n) is 19.6. The highest BCUT2D eigenvalue weighted by atomic mass is 19.4. The van der Waals surface area contributed by atoms with Gasteiger partial charge in [-0.25, -0.2) is 9.97 Å². The number of nitrogens with two attached hydrogens (primary N) is 2. The fraction of sp³-hybridized carbons (Fsp3) is 0.348. The summed E-state index contributed by atoms with van der Waals surface area (Å²) in [5.41, 5.74) is 10.5. The maximum absolute atomic E-state index is 14.6. The molecule has 3 aromatic rings. The van der Waals surface area contributed by atoms with Gasteiger partial charge < -0.3 is 26.4 Å². The van der Waals surface area contributed by atoms with Gasteiger partial charge in [0, 0.05) is 37.2 Å². The molecule has 3 aromatic heterocycles. The third-order valence-corrected chi connectivity index (χ3v) is 5.96. The lowest BCUT2D eigenvalue weighted by Gasteiger charge is -2.38. The summed E-state index contributed by atoms with van der Waals surface area (Å²) >= 11 is 0. The summed E-state index contributed by atoms with van der Waals surface area (Å²) in [5, 5.41) is 2.18. The van der Waals surface area contributed by atoms with Crippen molar-refractivity contribution in [1.82, 2.24) is 19.9 Å². The standard InChI is InChI=1S/C23H25F3N8O2/c1-22(28)5-10-34(11-6-22)14-4-3-7-31-17(14)15-16(23(24,25)26)20(32-19(27)18(15)36-2)33-21(35)13-12-29-8-9-30-13/h3-4,7-9,12H,5-6,10-11,28H2,1-2H3,(H3,27,32,33,35). The fourth-order valence-corrected chi connectivity index (χ4v) is 4.08. The highest BCUT2D eigenvalue weighted by Gasteiger charge is 2.42. The van der Waals surface area contributed by atoms with Crippen molar-refractivity contribution >= 4 is 23.2 Å². The van der Waals surface area contributed by atoms with Crippen LogP contribution in [0.25, 0.3) is 11.3 Å². The Morgan fingerprint density at radius 2 is 1.92 bits per heavy atom. The number of hydrogen-bond donors (Lipinski definition) is 3. The molecule has 0 saturated carbocycles. The number of anilines is 3. The molecule has 0 unspecified atom stereocenters. The van der Waals surface area contributed by atoms with E-state index in [0.717, 1.165) is 6.20 Å². The highest BCUT2D eigenvalue weighted by molar-refractivity contribution is 6.03. The Balaban J connectivity index is 1.90. The number of pyridine rings is 2. The average molecular weight is 503 g/mol. The highest BCUT2D eigenvalue weighted by Crippen LogP contribution is 2.49. The van der Waals surface area contributed by atoms with Crippen LogP contribution in [-0.2, 0) is 6.18 Å². The quantitative estimate of drug-likeness (QED) is 0.479. The Kier molecular flexibility index (Phi) is 6.67. The second-order valence-corrected chi connectivity index (χ2v) is 8.68. The predicted molar refractivity (Wildman–Crippen MR) is 127 cm³/mol. The van der Waals surface area contributed by atoms with Crippen LogP contribution in [-0.4, -0.2) is 51.6 Å². The van der Waals surface area contributed by atoms with Crippen LogP contribution in [0.5, 0.6) is 5.75 Å². The van der Waals surface area contributed by atoms with Crippen molar-refractivity contribution < 1.29 is 22.7 Å². The molecule has 0 aliphatic carbocycles. The van der Waals surface area contributed by atoms with Crippen molar-refractivity contribution in [2.45, 2.75) is 31.5 Å². The number of alkyl halides is 3. The second kappa shape index (κ2) is 9.57. The molecule has 1 amide bonds. The Hall–Kier alpha value is -4.00. The number of ether oxygens (including phenoxy) is 1. The van der Waals surface area contributed by atoms with Crippen molar-refractivity contribution in [3.63, 3.8) is 0 Å². The van der Waals surface area contributed by atoms with Crippen molar-refractivity contribution in [3.8, 4) is 17.0 Å². The first-order chi connectivity index (χ1) is 17.0. The van der Waals surface area contributed by atoms with Crippen molar-refractivity contribution in [2.75, 3.05) is 36.1 Å². The molecule has 0 aromatic carbocycles. The van der Waals surface area contributed by atoms with E-state index in [1.165, 1.54) is 25.7 Å². The number of nitrogen functional groups attached to an aromatic ring is 1. The normalized spacial score (nSPS) is 15.4. The molecule has 4 heterocycles. The fourth-order valence-electron chi connectivity index (χ4n) is 4.08. The number of nitrogens with zero attached hydrogens (tertiary/aromatic N) is 5. The van der Waals surface area contributed by atoms with Crippen LogP contribution < -0.4 is 26.4 Å². The molecule has 0 bridgehead atoms. The molecular formula is C23H25F3N8O2. The van der Waals surface area contributed by atoms with E-state index in [1.807, 2.05) is 11.8 Å².